The van der Waals surface area contributed by atoms with Gasteiger partial charge in [0.05, 0.1) is 0 Å². The van der Waals surface area contributed by atoms with E-state index >= 15 is 0 Å². The first kappa shape index (κ1) is 16.3. The fourth-order valence-corrected chi connectivity index (χ4v) is 2.41. The number of piperazine rings is 1. The summed E-state index contributed by atoms with van der Waals surface area (Å²) in [5.41, 5.74) is 0.657. The number of pyridine rings is 1. The normalized spacial score (nSPS) is 16.2. The van der Waals surface area contributed by atoms with Gasteiger partial charge in [-0.3, -0.25) is 0 Å². The van der Waals surface area contributed by atoms with Crippen LogP contribution in [0.1, 0.15) is 33.3 Å². The number of carbonyl (C=O) groups excluding carboxylic acids is 1. The molecule has 120 valence electrons. The summed E-state index contributed by atoms with van der Waals surface area (Å²) in [6.45, 7) is 10.5. The van der Waals surface area contributed by atoms with Gasteiger partial charge < -0.3 is 14.5 Å². The molecule has 22 heavy (non-hydrogen) atoms. The van der Waals surface area contributed by atoms with Crippen LogP contribution >= 0.6 is 0 Å². The smallest absolute Gasteiger partial charge is 0.410 e. The zero-order valence-electron chi connectivity index (χ0n) is 13.9. The molecule has 1 fully saturated rings. The predicted molar refractivity (Wildman–Crippen MR) is 89.0 cm³/mol. The van der Waals surface area contributed by atoms with Crippen LogP contribution in [0.3, 0.4) is 0 Å². The number of ether oxygens (including phenoxy) is 1. The van der Waals surface area contributed by atoms with Crippen LogP contribution in [-0.2, 0) is 4.74 Å². The minimum atomic E-state index is -0.450. The maximum atomic E-state index is 12.1. The highest BCUT2D eigenvalue weighted by Crippen LogP contribution is 2.21. The van der Waals surface area contributed by atoms with Crippen molar-refractivity contribution in [2.45, 2.75) is 33.3 Å². The van der Waals surface area contributed by atoms with Crippen molar-refractivity contribution in [2.24, 2.45) is 0 Å². The minimum Gasteiger partial charge on any atom is -0.444 e. The Hall–Kier alpha value is -2.04. The van der Waals surface area contributed by atoms with E-state index in [1.54, 1.807) is 4.90 Å². The number of allylic oxidation sites excluding steroid dienone is 1. The predicted octanol–water partition coefficient (Wildman–Crippen LogP) is 3.17. The zero-order valence-corrected chi connectivity index (χ0v) is 13.9. The fraction of sp³-hybridized carbons (Fsp3) is 0.529. The molecular weight excluding hydrogens is 278 g/mol. The van der Waals surface area contributed by atoms with Gasteiger partial charge in [-0.2, -0.15) is 0 Å². The molecule has 0 bridgehead atoms. The summed E-state index contributed by atoms with van der Waals surface area (Å²) in [6.07, 6.45) is 5.64. The molecule has 1 saturated heterocycles. The Morgan fingerprint density at radius 2 is 1.95 bits per heavy atom. The maximum absolute atomic E-state index is 12.1. The first-order valence-corrected chi connectivity index (χ1v) is 7.71. The van der Waals surface area contributed by atoms with Crippen molar-refractivity contribution in [2.75, 3.05) is 31.1 Å². The Morgan fingerprint density at radius 1 is 1.27 bits per heavy atom. The van der Waals surface area contributed by atoms with E-state index in [1.165, 1.54) is 0 Å². The van der Waals surface area contributed by atoms with Crippen LogP contribution in [-0.4, -0.2) is 47.8 Å². The van der Waals surface area contributed by atoms with Crippen molar-refractivity contribution in [3.05, 3.63) is 30.0 Å². The quantitative estimate of drug-likeness (QED) is 0.842. The highest BCUT2D eigenvalue weighted by Gasteiger charge is 2.26. The van der Waals surface area contributed by atoms with E-state index in [-0.39, 0.29) is 6.09 Å². The van der Waals surface area contributed by atoms with Gasteiger partial charge in [-0.1, -0.05) is 12.2 Å². The highest BCUT2D eigenvalue weighted by molar-refractivity contribution is 5.69. The van der Waals surface area contributed by atoms with Crippen LogP contribution in [0.5, 0.6) is 0 Å². The summed E-state index contributed by atoms with van der Waals surface area (Å²) >= 11 is 0. The van der Waals surface area contributed by atoms with E-state index < -0.39 is 5.60 Å². The van der Waals surface area contributed by atoms with E-state index in [0.717, 1.165) is 24.5 Å². The third-order valence-corrected chi connectivity index (χ3v) is 3.39. The van der Waals surface area contributed by atoms with E-state index in [2.05, 4.69) is 22.0 Å². The summed E-state index contributed by atoms with van der Waals surface area (Å²) in [5.74, 6) is 0.976. The van der Waals surface area contributed by atoms with Gasteiger partial charge in [-0.25, -0.2) is 9.78 Å². The summed E-state index contributed by atoms with van der Waals surface area (Å²) in [4.78, 5) is 20.6. The lowest BCUT2D eigenvalue weighted by atomic mass is 10.2. The molecule has 1 aliphatic heterocycles. The Kier molecular flexibility index (Phi) is 5.06. The first-order chi connectivity index (χ1) is 10.4. The second kappa shape index (κ2) is 6.81. The number of anilines is 1. The molecule has 1 aromatic heterocycles. The van der Waals surface area contributed by atoms with E-state index in [4.69, 9.17) is 4.74 Å². The molecule has 1 aromatic rings. The molecule has 0 aliphatic carbocycles. The lowest BCUT2D eigenvalue weighted by Gasteiger charge is -2.36. The van der Waals surface area contributed by atoms with Gasteiger partial charge in [0.1, 0.15) is 11.4 Å². The standard InChI is InChI=1S/C17H25N3O2/c1-5-7-14-8-6-9-18-15(14)19-10-12-20(13-11-19)16(21)22-17(2,3)4/h5-9H,10-13H2,1-4H3/b7-5+. The van der Waals surface area contributed by atoms with Crippen LogP contribution in [0.2, 0.25) is 0 Å². The molecule has 0 unspecified atom stereocenters. The van der Waals surface area contributed by atoms with Gasteiger partial charge >= 0.3 is 6.09 Å². The lowest BCUT2D eigenvalue weighted by molar-refractivity contribution is 0.0240. The number of rotatable bonds is 2. The number of amides is 1. The van der Waals surface area contributed by atoms with Gasteiger partial charge in [0.25, 0.3) is 0 Å². The van der Waals surface area contributed by atoms with E-state index in [1.807, 2.05) is 46.0 Å². The average molecular weight is 303 g/mol. The van der Waals surface area contributed by atoms with Crippen LogP contribution in [0.25, 0.3) is 6.08 Å². The van der Waals surface area contributed by atoms with Gasteiger partial charge in [0.2, 0.25) is 0 Å². The summed E-state index contributed by atoms with van der Waals surface area (Å²) in [5, 5.41) is 0. The molecule has 0 radical (unpaired) electrons. The fourth-order valence-electron chi connectivity index (χ4n) is 2.41. The van der Waals surface area contributed by atoms with Crippen LogP contribution < -0.4 is 4.90 Å². The SMILES string of the molecule is C/C=C/c1cccnc1N1CCN(C(=O)OC(C)(C)C)CC1. The van der Waals surface area contributed by atoms with Gasteiger partial charge in [0, 0.05) is 37.9 Å². The van der Waals surface area contributed by atoms with E-state index in [9.17, 15) is 4.79 Å². The van der Waals surface area contributed by atoms with Crippen molar-refractivity contribution in [1.29, 1.82) is 0 Å². The van der Waals surface area contributed by atoms with Crippen molar-refractivity contribution in [3.8, 4) is 0 Å². The third kappa shape index (κ3) is 4.23. The summed E-state index contributed by atoms with van der Waals surface area (Å²) in [6, 6.07) is 4.00. The number of carbonyl (C=O) groups is 1. The molecule has 5 nitrogen and oxygen atoms in total. The van der Waals surface area contributed by atoms with E-state index in [0.29, 0.717) is 13.1 Å². The average Bonchev–Trinajstić information content (AvgIpc) is 2.47. The molecule has 1 aliphatic rings. The molecular formula is C17H25N3O2. The third-order valence-electron chi connectivity index (χ3n) is 3.39. The van der Waals surface area contributed by atoms with Crippen molar-refractivity contribution >= 4 is 18.0 Å². The number of hydrogen-bond acceptors (Lipinski definition) is 4. The first-order valence-electron chi connectivity index (χ1n) is 7.71. The Labute approximate surface area is 132 Å². The summed E-state index contributed by atoms with van der Waals surface area (Å²) < 4.78 is 5.42. The van der Waals surface area contributed by atoms with Crippen LogP contribution in [0.15, 0.2) is 24.4 Å². The number of nitrogens with zero attached hydrogens (tertiary/aromatic N) is 3. The zero-order chi connectivity index (χ0) is 16.2. The maximum Gasteiger partial charge on any atom is 0.410 e. The molecule has 5 heteroatoms. The molecule has 0 N–H and O–H groups in total. The molecule has 0 saturated carbocycles. The Bertz CT molecular complexity index is 541. The minimum absolute atomic E-state index is 0.234. The highest BCUT2D eigenvalue weighted by atomic mass is 16.6. The van der Waals surface area contributed by atoms with Crippen LogP contribution in [0.4, 0.5) is 10.6 Å². The van der Waals surface area contributed by atoms with Crippen molar-refractivity contribution in [3.63, 3.8) is 0 Å². The molecule has 0 atom stereocenters. The number of aromatic nitrogens is 1. The topological polar surface area (TPSA) is 45.7 Å². The monoisotopic (exact) mass is 303 g/mol. The molecule has 1 amide bonds. The largest absolute Gasteiger partial charge is 0.444 e. The Morgan fingerprint density at radius 3 is 2.55 bits per heavy atom. The van der Waals surface area contributed by atoms with Crippen molar-refractivity contribution < 1.29 is 9.53 Å². The second-order valence-electron chi connectivity index (χ2n) is 6.37. The summed E-state index contributed by atoms with van der Waals surface area (Å²) in [7, 11) is 0. The van der Waals surface area contributed by atoms with Gasteiger partial charge in [-0.15, -0.1) is 0 Å². The molecule has 2 rings (SSSR count). The lowest BCUT2D eigenvalue weighted by Crippen LogP contribution is -2.50. The molecule has 0 spiro atoms. The van der Waals surface area contributed by atoms with Gasteiger partial charge in [0.15, 0.2) is 0 Å². The Balaban J connectivity index is 1.99. The van der Waals surface area contributed by atoms with Gasteiger partial charge in [-0.05, 0) is 39.8 Å². The van der Waals surface area contributed by atoms with Crippen molar-refractivity contribution in [1.82, 2.24) is 9.88 Å². The molecule has 2 heterocycles. The number of hydrogen-bond donors (Lipinski definition) is 0. The molecule has 0 aromatic carbocycles. The van der Waals surface area contributed by atoms with Crippen LogP contribution in [0, 0.1) is 0 Å². The second-order valence-corrected chi connectivity index (χ2v) is 6.37.